The van der Waals surface area contributed by atoms with Crippen LogP contribution < -0.4 is 11.1 Å². The van der Waals surface area contributed by atoms with Gasteiger partial charge >= 0.3 is 0 Å². The van der Waals surface area contributed by atoms with E-state index < -0.39 is 15.9 Å². The molecule has 1 aliphatic heterocycles. The third-order valence-corrected chi connectivity index (χ3v) is 5.21. The average Bonchev–Trinajstić information content (AvgIpc) is 2.39. The molecule has 1 fully saturated rings. The van der Waals surface area contributed by atoms with Gasteiger partial charge < -0.3 is 11.1 Å². The highest BCUT2D eigenvalue weighted by Crippen LogP contribution is 2.19. The number of carbonyl (C=O) groups is 1. The Hall–Kier alpha value is -1.44. The van der Waals surface area contributed by atoms with Crippen LogP contribution in [0.15, 0.2) is 29.2 Å². The first-order chi connectivity index (χ1) is 8.93. The number of hydrogen-bond donors (Lipinski definition) is 2. The smallest absolute Gasteiger partial charge is 0.248 e. The van der Waals surface area contributed by atoms with Crippen LogP contribution >= 0.6 is 0 Å². The maximum Gasteiger partial charge on any atom is 0.248 e. The number of sulfonamides is 1. The molecule has 0 saturated carbocycles. The summed E-state index contributed by atoms with van der Waals surface area (Å²) in [5.74, 6) is -0.570. The molecule has 3 N–H and O–H groups in total. The quantitative estimate of drug-likeness (QED) is 0.801. The van der Waals surface area contributed by atoms with E-state index in [0.29, 0.717) is 25.2 Å². The van der Waals surface area contributed by atoms with Gasteiger partial charge in [0.1, 0.15) is 0 Å². The van der Waals surface area contributed by atoms with Gasteiger partial charge in [-0.05, 0) is 31.2 Å². The Morgan fingerprint density at radius 2 is 2.00 bits per heavy atom. The average molecular weight is 283 g/mol. The highest BCUT2D eigenvalue weighted by molar-refractivity contribution is 7.89. The summed E-state index contributed by atoms with van der Waals surface area (Å²) in [6.45, 7) is 3.59. The number of nitrogens with two attached hydrogens (primary N) is 1. The summed E-state index contributed by atoms with van der Waals surface area (Å²) >= 11 is 0. The molecule has 0 aliphatic carbocycles. The monoisotopic (exact) mass is 283 g/mol. The second-order valence-electron chi connectivity index (χ2n) is 4.56. The van der Waals surface area contributed by atoms with E-state index in [9.17, 15) is 13.2 Å². The number of hydrogen-bond acceptors (Lipinski definition) is 4. The summed E-state index contributed by atoms with van der Waals surface area (Å²) in [6.07, 6.45) is 0. The molecule has 2 rings (SSSR count). The molecular formula is C12H17N3O3S. The van der Waals surface area contributed by atoms with Crippen LogP contribution in [0.4, 0.5) is 0 Å². The van der Waals surface area contributed by atoms with E-state index >= 15 is 0 Å². The number of nitrogens with one attached hydrogen (secondary N) is 1. The van der Waals surface area contributed by atoms with Crippen molar-refractivity contribution in [1.29, 1.82) is 0 Å². The number of piperazine rings is 1. The van der Waals surface area contributed by atoms with Gasteiger partial charge in [0.25, 0.3) is 0 Å². The van der Waals surface area contributed by atoms with Gasteiger partial charge in [0.2, 0.25) is 15.9 Å². The van der Waals surface area contributed by atoms with Crippen molar-refractivity contribution in [2.75, 3.05) is 19.6 Å². The Balaban J connectivity index is 2.30. The van der Waals surface area contributed by atoms with Crippen molar-refractivity contribution in [3.63, 3.8) is 0 Å². The van der Waals surface area contributed by atoms with Crippen LogP contribution in [0.1, 0.15) is 17.3 Å². The van der Waals surface area contributed by atoms with Crippen LogP contribution in [0, 0.1) is 0 Å². The van der Waals surface area contributed by atoms with Crippen molar-refractivity contribution in [2.24, 2.45) is 5.73 Å². The fraction of sp³-hybridized carbons (Fsp3) is 0.417. The molecule has 1 aliphatic rings. The molecule has 1 atom stereocenters. The molecule has 1 amide bonds. The highest BCUT2D eigenvalue weighted by atomic mass is 32.2. The van der Waals surface area contributed by atoms with Gasteiger partial charge in [-0.1, -0.05) is 0 Å². The lowest BCUT2D eigenvalue weighted by Gasteiger charge is -2.32. The first-order valence-electron chi connectivity index (χ1n) is 6.05. The normalized spacial score (nSPS) is 21.2. The Labute approximate surface area is 112 Å². The maximum atomic E-state index is 12.5. The standard InChI is InChI=1S/C12H17N3O3S/c1-9-8-14-6-7-15(9)19(17,18)11-4-2-10(3-5-11)12(13)16/h2-5,9,14H,6-8H2,1H3,(H2,13,16)/t9-/m1/s1. The number of nitrogens with zero attached hydrogens (tertiary/aromatic N) is 1. The van der Waals surface area contributed by atoms with E-state index in [-0.39, 0.29) is 10.9 Å². The maximum absolute atomic E-state index is 12.5. The molecule has 104 valence electrons. The van der Waals surface area contributed by atoms with E-state index in [1.165, 1.54) is 28.6 Å². The molecule has 0 radical (unpaired) electrons. The zero-order valence-corrected chi connectivity index (χ0v) is 11.5. The molecule has 7 heteroatoms. The van der Waals surface area contributed by atoms with Gasteiger partial charge in [0.05, 0.1) is 4.90 Å². The van der Waals surface area contributed by atoms with Crippen molar-refractivity contribution in [2.45, 2.75) is 17.9 Å². The number of rotatable bonds is 3. The summed E-state index contributed by atoms with van der Waals surface area (Å²) in [6, 6.07) is 5.62. The summed E-state index contributed by atoms with van der Waals surface area (Å²) in [5.41, 5.74) is 5.43. The van der Waals surface area contributed by atoms with E-state index in [1.54, 1.807) is 0 Å². The van der Waals surface area contributed by atoms with Gasteiger partial charge in [-0.2, -0.15) is 4.31 Å². The van der Waals surface area contributed by atoms with E-state index in [2.05, 4.69) is 5.32 Å². The minimum atomic E-state index is -3.51. The van der Waals surface area contributed by atoms with Crippen molar-refractivity contribution < 1.29 is 13.2 Å². The van der Waals surface area contributed by atoms with Gasteiger partial charge in [-0.15, -0.1) is 0 Å². The second kappa shape index (κ2) is 5.28. The van der Waals surface area contributed by atoms with Gasteiger partial charge in [0.15, 0.2) is 0 Å². The van der Waals surface area contributed by atoms with Gasteiger partial charge in [-0.25, -0.2) is 8.42 Å². The van der Waals surface area contributed by atoms with Crippen molar-refractivity contribution >= 4 is 15.9 Å². The molecule has 1 saturated heterocycles. The highest BCUT2D eigenvalue weighted by Gasteiger charge is 2.30. The number of carbonyl (C=O) groups excluding carboxylic acids is 1. The second-order valence-corrected chi connectivity index (χ2v) is 6.45. The first-order valence-corrected chi connectivity index (χ1v) is 7.49. The van der Waals surface area contributed by atoms with Crippen LogP contribution in [0.2, 0.25) is 0 Å². The van der Waals surface area contributed by atoms with Gasteiger partial charge in [-0.3, -0.25) is 4.79 Å². The molecule has 1 aromatic carbocycles. The zero-order valence-electron chi connectivity index (χ0n) is 10.7. The Kier molecular flexibility index (Phi) is 3.88. The number of amides is 1. The lowest BCUT2D eigenvalue weighted by molar-refractivity contribution is 0.1000. The van der Waals surface area contributed by atoms with E-state index in [0.717, 1.165) is 0 Å². The molecule has 0 spiro atoms. The minimum absolute atomic E-state index is 0.0884. The minimum Gasteiger partial charge on any atom is -0.366 e. The van der Waals surface area contributed by atoms with E-state index in [1.807, 2.05) is 6.92 Å². The Morgan fingerprint density at radius 3 is 2.53 bits per heavy atom. The molecule has 19 heavy (non-hydrogen) atoms. The van der Waals surface area contributed by atoms with Crippen LogP contribution in [0.25, 0.3) is 0 Å². The van der Waals surface area contributed by atoms with Gasteiger partial charge in [0, 0.05) is 31.2 Å². The molecule has 0 aromatic heterocycles. The lowest BCUT2D eigenvalue weighted by atomic mass is 10.2. The summed E-state index contributed by atoms with van der Waals surface area (Å²) < 4.78 is 26.4. The lowest BCUT2D eigenvalue weighted by Crippen LogP contribution is -2.52. The van der Waals surface area contributed by atoms with E-state index in [4.69, 9.17) is 5.73 Å². The summed E-state index contributed by atoms with van der Waals surface area (Å²) in [5, 5.41) is 3.14. The number of benzene rings is 1. The molecule has 6 nitrogen and oxygen atoms in total. The third kappa shape index (κ3) is 2.78. The largest absolute Gasteiger partial charge is 0.366 e. The van der Waals surface area contributed by atoms with Crippen LogP contribution in [0.5, 0.6) is 0 Å². The van der Waals surface area contributed by atoms with Crippen LogP contribution in [-0.4, -0.2) is 44.3 Å². The summed E-state index contributed by atoms with van der Waals surface area (Å²) in [7, 11) is -3.51. The predicted octanol–water partition coefficient (Wildman–Crippen LogP) is -0.232. The fourth-order valence-corrected chi connectivity index (χ4v) is 3.74. The third-order valence-electron chi connectivity index (χ3n) is 3.19. The molecule has 1 heterocycles. The summed E-state index contributed by atoms with van der Waals surface area (Å²) in [4.78, 5) is 11.2. The Morgan fingerprint density at radius 1 is 1.37 bits per heavy atom. The van der Waals surface area contributed by atoms with Crippen LogP contribution in [0.3, 0.4) is 0 Å². The predicted molar refractivity (Wildman–Crippen MR) is 71.2 cm³/mol. The topological polar surface area (TPSA) is 92.5 Å². The van der Waals surface area contributed by atoms with Crippen molar-refractivity contribution in [3.05, 3.63) is 29.8 Å². The molecular weight excluding hydrogens is 266 g/mol. The van der Waals surface area contributed by atoms with Crippen molar-refractivity contribution in [1.82, 2.24) is 9.62 Å². The molecule has 0 unspecified atom stereocenters. The van der Waals surface area contributed by atoms with Crippen LogP contribution in [-0.2, 0) is 10.0 Å². The zero-order chi connectivity index (χ0) is 14.0. The SMILES string of the molecule is C[C@@H]1CNCCN1S(=O)(=O)c1ccc(C(N)=O)cc1. The van der Waals surface area contributed by atoms with Crippen molar-refractivity contribution in [3.8, 4) is 0 Å². The first kappa shape index (κ1) is 14.0. The molecule has 1 aromatic rings. The fourth-order valence-electron chi connectivity index (χ4n) is 2.11. The molecule has 0 bridgehead atoms. The Bertz CT molecular complexity index is 568. The number of primary amides is 1.